The Kier molecular flexibility index (Phi) is 4.59. The minimum atomic E-state index is -3.62. The number of nitrogens with one attached hydrogen (secondary N) is 2. The summed E-state index contributed by atoms with van der Waals surface area (Å²) in [5.41, 5.74) is 0.779. The molecule has 0 aliphatic rings. The van der Waals surface area contributed by atoms with Gasteiger partial charge in [-0.15, -0.1) is 0 Å². The second-order valence-electron chi connectivity index (χ2n) is 3.96. The van der Waals surface area contributed by atoms with Gasteiger partial charge in [0.1, 0.15) is 4.90 Å². The van der Waals surface area contributed by atoms with Crippen LogP contribution in [0.15, 0.2) is 41.8 Å². The van der Waals surface area contributed by atoms with Gasteiger partial charge in [-0.3, -0.25) is 4.98 Å². The first-order valence-electron chi connectivity index (χ1n) is 6.06. The monoisotopic (exact) mass is 293 g/mol. The number of anilines is 1. The van der Waals surface area contributed by atoms with E-state index in [-0.39, 0.29) is 11.4 Å². The predicted octanol–water partition coefficient (Wildman–Crippen LogP) is 0.782. The number of sulfonamides is 1. The molecule has 0 aromatic carbocycles. The molecule has 0 bridgehead atoms. The van der Waals surface area contributed by atoms with Gasteiger partial charge in [-0.25, -0.2) is 23.1 Å². The topological polar surface area (TPSA) is 96.9 Å². The molecule has 0 radical (unpaired) electrons. The van der Waals surface area contributed by atoms with Gasteiger partial charge in [0.2, 0.25) is 16.0 Å². The van der Waals surface area contributed by atoms with E-state index in [2.05, 4.69) is 25.0 Å². The quantitative estimate of drug-likeness (QED) is 0.817. The number of hydrogen-bond acceptors (Lipinski definition) is 6. The zero-order chi connectivity index (χ0) is 14.4. The van der Waals surface area contributed by atoms with Crippen molar-refractivity contribution in [2.24, 2.45) is 0 Å². The molecule has 2 rings (SSSR count). The van der Waals surface area contributed by atoms with Crippen LogP contribution in [0.3, 0.4) is 0 Å². The molecule has 2 N–H and O–H groups in total. The van der Waals surface area contributed by atoms with Crippen LogP contribution in [0.1, 0.15) is 12.5 Å². The van der Waals surface area contributed by atoms with Gasteiger partial charge in [0, 0.05) is 25.5 Å². The van der Waals surface area contributed by atoms with E-state index in [4.69, 9.17) is 0 Å². The average molecular weight is 293 g/mol. The highest BCUT2D eigenvalue weighted by Gasteiger charge is 2.14. The molecule has 8 heteroatoms. The summed E-state index contributed by atoms with van der Waals surface area (Å²) < 4.78 is 26.6. The van der Waals surface area contributed by atoms with Gasteiger partial charge < -0.3 is 5.32 Å². The Hall–Kier alpha value is -2.06. The van der Waals surface area contributed by atoms with Crippen LogP contribution in [0, 0.1) is 0 Å². The van der Waals surface area contributed by atoms with E-state index in [9.17, 15) is 8.42 Å². The fraction of sp³-hybridized carbons (Fsp3) is 0.250. The predicted molar refractivity (Wildman–Crippen MR) is 74.5 cm³/mol. The molecule has 0 saturated carbocycles. The molecule has 0 unspecified atom stereocenters. The van der Waals surface area contributed by atoms with Crippen molar-refractivity contribution in [3.8, 4) is 0 Å². The van der Waals surface area contributed by atoms with Crippen molar-refractivity contribution in [3.05, 3.63) is 42.5 Å². The van der Waals surface area contributed by atoms with Gasteiger partial charge in [0.05, 0.1) is 12.4 Å². The van der Waals surface area contributed by atoms with E-state index in [1.165, 1.54) is 12.4 Å². The smallest absolute Gasteiger partial charge is 0.243 e. The van der Waals surface area contributed by atoms with Gasteiger partial charge >= 0.3 is 0 Å². The van der Waals surface area contributed by atoms with Gasteiger partial charge in [-0.05, 0) is 18.6 Å². The Balaban J connectivity index is 2.06. The maximum Gasteiger partial charge on any atom is 0.243 e. The van der Waals surface area contributed by atoms with Crippen LogP contribution in [0.4, 0.5) is 5.95 Å². The highest BCUT2D eigenvalue weighted by Crippen LogP contribution is 2.08. The molecule has 0 saturated heterocycles. The lowest BCUT2D eigenvalue weighted by Gasteiger charge is -2.07. The first-order chi connectivity index (χ1) is 9.62. The fourth-order valence-corrected chi connectivity index (χ4v) is 2.38. The van der Waals surface area contributed by atoms with E-state index in [0.717, 1.165) is 5.56 Å². The van der Waals surface area contributed by atoms with E-state index < -0.39 is 10.0 Å². The lowest BCUT2D eigenvalue weighted by Crippen LogP contribution is -2.23. The van der Waals surface area contributed by atoms with Crippen molar-refractivity contribution in [3.63, 3.8) is 0 Å². The summed E-state index contributed by atoms with van der Waals surface area (Å²) >= 11 is 0. The average Bonchev–Trinajstić information content (AvgIpc) is 2.47. The normalized spacial score (nSPS) is 11.2. The summed E-state index contributed by atoms with van der Waals surface area (Å²) in [7, 11) is -3.62. The third-order valence-electron chi connectivity index (χ3n) is 2.46. The van der Waals surface area contributed by atoms with E-state index in [0.29, 0.717) is 12.5 Å². The van der Waals surface area contributed by atoms with E-state index in [1.54, 1.807) is 24.5 Å². The van der Waals surface area contributed by atoms with Crippen molar-refractivity contribution < 1.29 is 8.42 Å². The Labute approximate surface area is 117 Å². The van der Waals surface area contributed by atoms with Crippen LogP contribution in [-0.4, -0.2) is 29.9 Å². The zero-order valence-corrected chi connectivity index (χ0v) is 11.8. The maximum atomic E-state index is 12.0. The molecule has 0 aliphatic heterocycles. The van der Waals surface area contributed by atoms with Gasteiger partial charge in [-0.2, -0.15) is 0 Å². The molecule has 2 heterocycles. The Morgan fingerprint density at radius 1 is 1.20 bits per heavy atom. The van der Waals surface area contributed by atoms with Crippen molar-refractivity contribution >= 4 is 16.0 Å². The van der Waals surface area contributed by atoms with Gasteiger partial charge in [0.25, 0.3) is 0 Å². The maximum absolute atomic E-state index is 12.0. The minimum Gasteiger partial charge on any atom is -0.355 e. The number of nitrogens with zero attached hydrogens (tertiary/aromatic N) is 3. The highest BCUT2D eigenvalue weighted by molar-refractivity contribution is 7.89. The molecular formula is C12H15N5O2S. The SMILES string of the molecule is CCNc1ncc(S(=O)(=O)NCc2cccnc2)cn1. The second-order valence-corrected chi connectivity index (χ2v) is 5.73. The Morgan fingerprint density at radius 2 is 1.95 bits per heavy atom. The summed E-state index contributed by atoms with van der Waals surface area (Å²) in [6.07, 6.45) is 5.78. The Morgan fingerprint density at radius 3 is 2.55 bits per heavy atom. The third-order valence-corrected chi connectivity index (χ3v) is 3.82. The second kappa shape index (κ2) is 6.40. The first-order valence-corrected chi connectivity index (χ1v) is 7.54. The summed E-state index contributed by atoms with van der Waals surface area (Å²) in [4.78, 5) is 11.8. The zero-order valence-electron chi connectivity index (χ0n) is 10.9. The van der Waals surface area contributed by atoms with E-state index in [1.807, 2.05) is 6.92 Å². The van der Waals surface area contributed by atoms with Crippen molar-refractivity contribution in [1.29, 1.82) is 0 Å². The first kappa shape index (κ1) is 14.4. The van der Waals surface area contributed by atoms with Crippen LogP contribution in [0.25, 0.3) is 0 Å². The van der Waals surface area contributed by atoms with Crippen LogP contribution >= 0.6 is 0 Å². The van der Waals surface area contributed by atoms with Gasteiger partial charge in [-0.1, -0.05) is 6.07 Å². The lowest BCUT2D eigenvalue weighted by atomic mass is 10.3. The molecular weight excluding hydrogens is 278 g/mol. The molecule has 7 nitrogen and oxygen atoms in total. The van der Waals surface area contributed by atoms with Crippen LogP contribution in [0.2, 0.25) is 0 Å². The number of aromatic nitrogens is 3. The molecule has 0 atom stereocenters. The van der Waals surface area contributed by atoms with Crippen molar-refractivity contribution in [2.75, 3.05) is 11.9 Å². The molecule has 2 aromatic rings. The summed E-state index contributed by atoms with van der Waals surface area (Å²) in [5.74, 6) is 0.402. The lowest BCUT2D eigenvalue weighted by molar-refractivity contribution is 0.580. The molecule has 20 heavy (non-hydrogen) atoms. The summed E-state index contributed by atoms with van der Waals surface area (Å²) in [6, 6.07) is 3.54. The van der Waals surface area contributed by atoms with Crippen molar-refractivity contribution in [2.45, 2.75) is 18.4 Å². The number of rotatable bonds is 6. The van der Waals surface area contributed by atoms with Crippen molar-refractivity contribution in [1.82, 2.24) is 19.7 Å². The molecule has 0 amide bonds. The molecule has 0 fully saturated rings. The largest absolute Gasteiger partial charge is 0.355 e. The summed E-state index contributed by atoms with van der Waals surface area (Å²) in [6.45, 7) is 2.75. The fourth-order valence-electron chi connectivity index (χ4n) is 1.47. The molecule has 0 aliphatic carbocycles. The number of hydrogen-bond donors (Lipinski definition) is 2. The summed E-state index contributed by atoms with van der Waals surface area (Å²) in [5, 5.41) is 2.90. The van der Waals surface area contributed by atoms with E-state index >= 15 is 0 Å². The number of pyridine rings is 1. The highest BCUT2D eigenvalue weighted by atomic mass is 32.2. The van der Waals surface area contributed by atoms with Crippen LogP contribution < -0.4 is 10.0 Å². The van der Waals surface area contributed by atoms with Crippen LogP contribution in [-0.2, 0) is 16.6 Å². The minimum absolute atomic E-state index is 0.0306. The Bertz CT molecular complexity index is 643. The third kappa shape index (κ3) is 3.72. The van der Waals surface area contributed by atoms with Crippen LogP contribution in [0.5, 0.6) is 0 Å². The molecule has 106 valence electrons. The molecule has 0 spiro atoms. The van der Waals surface area contributed by atoms with Gasteiger partial charge in [0.15, 0.2) is 0 Å². The standard InChI is InChI=1S/C12H15N5O2S/c1-2-14-12-15-8-11(9-16-12)20(18,19)17-7-10-4-3-5-13-6-10/h3-6,8-9,17H,2,7H2,1H3,(H,14,15,16). The molecule has 2 aromatic heterocycles.